The summed E-state index contributed by atoms with van der Waals surface area (Å²) in [6.45, 7) is 6.12. The molecular weight excluding hydrogens is 204 g/mol. The van der Waals surface area contributed by atoms with Crippen molar-refractivity contribution < 1.29 is 9.53 Å². The quantitative estimate of drug-likeness (QED) is 0.700. The number of carbonyl (C=O) groups is 1. The molecular formula is C12H22N2O2. The van der Waals surface area contributed by atoms with Crippen LogP contribution in [-0.4, -0.2) is 37.2 Å². The fraction of sp³-hybridized carbons (Fsp3) is 0.917. The molecule has 2 unspecified atom stereocenters. The molecule has 1 saturated carbocycles. The van der Waals surface area contributed by atoms with Crippen LogP contribution in [0.15, 0.2) is 0 Å². The summed E-state index contributed by atoms with van der Waals surface area (Å²) in [4.78, 5) is 11.6. The van der Waals surface area contributed by atoms with Gasteiger partial charge in [0.2, 0.25) is 5.91 Å². The number of hydrogen-bond donors (Lipinski definition) is 2. The minimum atomic E-state index is -0.121. The van der Waals surface area contributed by atoms with Gasteiger partial charge in [0, 0.05) is 19.1 Å². The van der Waals surface area contributed by atoms with Gasteiger partial charge >= 0.3 is 0 Å². The van der Waals surface area contributed by atoms with Crippen LogP contribution in [0.3, 0.4) is 0 Å². The summed E-state index contributed by atoms with van der Waals surface area (Å²) in [5.74, 6) is 0.756. The molecule has 0 aromatic rings. The largest absolute Gasteiger partial charge is 0.363 e. The molecule has 0 aromatic heterocycles. The first-order chi connectivity index (χ1) is 7.63. The number of nitrogens with one attached hydrogen (secondary N) is 2. The zero-order chi connectivity index (χ0) is 11.6. The van der Waals surface area contributed by atoms with Crippen LogP contribution in [-0.2, 0) is 9.53 Å². The summed E-state index contributed by atoms with van der Waals surface area (Å²) in [6.07, 6.45) is 3.59. The fourth-order valence-electron chi connectivity index (χ4n) is 2.18. The van der Waals surface area contributed by atoms with Crippen molar-refractivity contribution in [2.24, 2.45) is 5.92 Å². The molecule has 0 radical (unpaired) electrons. The molecule has 4 heteroatoms. The Balaban J connectivity index is 1.58. The minimum Gasteiger partial charge on any atom is -0.363 e. The third-order valence-corrected chi connectivity index (χ3v) is 3.48. The molecule has 0 aromatic carbocycles. The third kappa shape index (κ3) is 2.95. The third-order valence-electron chi connectivity index (χ3n) is 3.48. The molecule has 2 aliphatic rings. The van der Waals surface area contributed by atoms with Crippen molar-refractivity contribution in [3.8, 4) is 0 Å². The summed E-state index contributed by atoms with van der Waals surface area (Å²) in [6, 6.07) is 0.420. The lowest BCUT2D eigenvalue weighted by Gasteiger charge is -2.38. The molecule has 4 nitrogen and oxygen atoms in total. The molecule has 2 N–H and O–H groups in total. The number of carbonyl (C=O) groups excluding carboxylic acids is 1. The van der Waals surface area contributed by atoms with E-state index in [2.05, 4.69) is 17.6 Å². The second-order valence-electron chi connectivity index (χ2n) is 5.30. The normalized spacial score (nSPS) is 30.6. The summed E-state index contributed by atoms with van der Waals surface area (Å²) in [7, 11) is 0. The molecule has 2 atom stereocenters. The van der Waals surface area contributed by atoms with Crippen molar-refractivity contribution in [3.05, 3.63) is 0 Å². The Morgan fingerprint density at radius 1 is 1.56 bits per heavy atom. The maximum atomic E-state index is 11.6. The van der Waals surface area contributed by atoms with Gasteiger partial charge in [-0.3, -0.25) is 4.79 Å². The van der Waals surface area contributed by atoms with Gasteiger partial charge in [-0.2, -0.15) is 0 Å². The van der Waals surface area contributed by atoms with Crippen LogP contribution in [0.2, 0.25) is 0 Å². The predicted molar refractivity (Wildman–Crippen MR) is 62.2 cm³/mol. The zero-order valence-electron chi connectivity index (χ0n) is 10.2. The molecule has 1 amide bonds. The fourth-order valence-corrected chi connectivity index (χ4v) is 2.18. The molecule has 1 saturated heterocycles. The van der Waals surface area contributed by atoms with Crippen LogP contribution in [0.4, 0.5) is 0 Å². The minimum absolute atomic E-state index is 0.0386. The summed E-state index contributed by atoms with van der Waals surface area (Å²) < 4.78 is 5.58. The highest BCUT2D eigenvalue weighted by molar-refractivity contribution is 5.78. The van der Waals surface area contributed by atoms with Crippen molar-refractivity contribution >= 4 is 5.91 Å². The molecule has 2 fully saturated rings. The highest BCUT2D eigenvalue weighted by atomic mass is 16.5. The summed E-state index contributed by atoms with van der Waals surface area (Å²) in [5, 5.41) is 6.17. The van der Waals surface area contributed by atoms with Crippen molar-refractivity contribution in [1.29, 1.82) is 0 Å². The molecule has 2 rings (SSSR count). The Bertz CT molecular complexity index is 264. The van der Waals surface area contributed by atoms with Gasteiger partial charge in [0.15, 0.2) is 0 Å². The van der Waals surface area contributed by atoms with Crippen molar-refractivity contribution in [3.63, 3.8) is 0 Å². The Kier molecular flexibility index (Phi) is 3.50. The molecule has 1 aliphatic heterocycles. The van der Waals surface area contributed by atoms with E-state index in [-0.39, 0.29) is 18.1 Å². The van der Waals surface area contributed by atoms with Gasteiger partial charge < -0.3 is 15.4 Å². The Morgan fingerprint density at radius 2 is 2.31 bits per heavy atom. The van der Waals surface area contributed by atoms with Gasteiger partial charge in [-0.25, -0.2) is 0 Å². The zero-order valence-corrected chi connectivity index (χ0v) is 10.2. The number of hydrogen-bond acceptors (Lipinski definition) is 3. The van der Waals surface area contributed by atoms with Gasteiger partial charge in [0.05, 0.1) is 5.60 Å². The lowest BCUT2D eigenvalue weighted by atomic mass is 10.0. The highest BCUT2D eigenvalue weighted by Gasteiger charge is 2.38. The molecule has 0 bridgehead atoms. The van der Waals surface area contributed by atoms with Gasteiger partial charge in [0.25, 0.3) is 0 Å². The first-order valence-corrected chi connectivity index (χ1v) is 6.27. The first-order valence-electron chi connectivity index (χ1n) is 6.27. The van der Waals surface area contributed by atoms with Gasteiger partial charge in [0.1, 0.15) is 6.61 Å². The van der Waals surface area contributed by atoms with Crippen LogP contribution >= 0.6 is 0 Å². The van der Waals surface area contributed by atoms with Crippen LogP contribution < -0.4 is 10.6 Å². The van der Waals surface area contributed by atoms with E-state index in [1.165, 1.54) is 12.8 Å². The smallest absolute Gasteiger partial charge is 0.246 e. The van der Waals surface area contributed by atoms with E-state index in [0.717, 1.165) is 25.4 Å². The van der Waals surface area contributed by atoms with E-state index in [9.17, 15) is 4.79 Å². The van der Waals surface area contributed by atoms with Crippen molar-refractivity contribution in [2.45, 2.75) is 44.8 Å². The summed E-state index contributed by atoms with van der Waals surface area (Å²) in [5.41, 5.74) is -0.121. The average Bonchev–Trinajstić information content (AvgIpc) is 2.91. The van der Waals surface area contributed by atoms with E-state index >= 15 is 0 Å². The average molecular weight is 226 g/mol. The predicted octanol–water partition coefficient (Wildman–Crippen LogP) is 0.670. The van der Waals surface area contributed by atoms with Gasteiger partial charge in [-0.1, -0.05) is 13.3 Å². The molecule has 1 aliphatic carbocycles. The molecule has 16 heavy (non-hydrogen) atoms. The maximum Gasteiger partial charge on any atom is 0.246 e. The van der Waals surface area contributed by atoms with Crippen LogP contribution in [0.5, 0.6) is 0 Å². The molecule has 1 heterocycles. The van der Waals surface area contributed by atoms with E-state index in [4.69, 9.17) is 4.74 Å². The van der Waals surface area contributed by atoms with Crippen LogP contribution in [0.25, 0.3) is 0 Å². The Labute approximate surface area is 97.1 Å². The standard InChI is InChI=1S/C12H22N2O2/c1-3-4-9-5-10(9)14-11(15)6-16-12(2)7-13-8-12/h9-10,13H,3-8H2,1-2H3,(H,14,15). The Morgan fingerprint density at radius 3 is 2.88 bits per heavy atom. The van der Waals surface area contributed by atoms with Crippen LogP contribution in [0, 0.1) is 5.92 Å². The second-order valence-corrected chi connectivity index (χ2v) is 5.30. The van der Waals surface area contributed by atoms with E-state index in [1.54, 1.807) is 0 Å². The topological polar surface area (TPSA) is 50.4 Å². The number of ether oxygens (including phenoxy) is 1. The number of amides is 1. The second kappa shape index (κ2) is 4.72. The van der Waals surface area contributed by atoms with E-state index in [1.807, 2.05) is 6.92 Å². The van der Waals surface area contributed by atoms with E-state index < -0.39 is 0 Å². The SMILES string of the molecule is CCCC1CC1NC(=O)COC1(C)CNC1. The monoisotopic (exact) mass is 226 g/mol. The highest BCUT2D eigenvalue weighted by Crippen LogP contribution is 2.34. The lowest BCUT2D eigenvalue weighted by Crippen LogP contribution is -2.59. The molecule has 0 spiro atoms. The van der Waals surface area contributed by atoms with Gasteiger partial charge in [-0.15, -0.1) is 0 Å². The first kappa shape index (κ1) is 11.9. The molecule has 92 valence electrons. The maximum absolute atomic E-state index is 11.6. The Hall–Kier alpha value is -0.610. The van der Waals surface area contributed by atoms with Crippen LogP contribution in [0.1, 0.15) is 33.1 Å². The number of rotatable bonds is 6. The summed E-state index contributed by atoms with van der Waals surface area (Å²) >= 11 is 0. The lowest BCUT2D eigenvalue weighted by molar-refractivity contribution is -0.136. The van der Waals surface area contributed by atoms with Gasteiger partial charge in [-0.05, 0) is 25.7 Å². The van der Waals surface area contributed by atoms with E-state index in [0.29, 0.717) is 6.04 Å². The van der Waals surface area contributed by atoms with Crippen molar-refractivity contribution in [1.82, 2.24) is 10.6 Å². The van der Waals surface area contributed by atoms with Crippen molar-refractivity contribution in [2.75, 3.05) is 19.7 Å².